The van der Waals surface area contributed by atoms with Gasteiger partial charge in [0.1, 0.15) is 5.58 Å². The first-order chi connectivity index (χ1) is 15.4. The molecule has 3 heterocycles. The number of nitrogens with zero attached hydrogens (tertiary/aromatic N) is 2. The van der Waals surface area contributed by atoms with E-state index in [-0.39, 0.29) is 11.3 Å². The first-order valence-corrected chi connectivity index (χ1v) is 11.3. The molecule has 0 aliphatic carbocycles. The van der Waals surface area contributed by atoms with Crippen molar-refractivity contribution in [1.82, 2.24) is 9.80 Å². The maximum Gasteiger partial charge on any atom is 0.231 e. The van der Waals surface area contributed by atoms with Crippen LogP contribution in [0.3, 0.4) is 0 Å². The van der Waals surface area contributed by atoms with Gasteiger partial charge in [-0.2, -0.15) is 0 Å². The molecule has 0 spiro atoms. The van der Waals surface area contributed by atoms with Crippen molar-refractivity contribution in [2.24, 2.45) is 0 Å². The predicted molar refractivity (Wildman–Crippen MR) is 123 cm³/mol. The van der Waals surface area contributed by atoms with Crippen molar-refractivity contribution < 1.29 is 18.7 Å². The van der Waals surface area contributed by atoms with Gasteiger partial charge in [-0.25, -0.2) is 0 Å². The molecule has 6 nitrogen and oxygen atoms in total. The monoisotopic (exact) mass is 434 g/mol. The molecule has 2 aliphatic heterocycles. The highest BCUT2D eigenvalue weighted by atomic mass is 16.7. The molecule has 0 bridgehead atoms. The lowest BCUT2D eigenvalue weighted by atomic mass is 9.86. The van der Waals surface area contributed by atoms with Crippen molar-refractivity contribution in [3.05, 3.63) is 59.4 Å². The zero-order chi connectivity index (χ0) is 22.3. The molecule has 0 radical (unpaired) electrons. The van der Waals surface area contributed by atoms with E-state index >= 15 is 0 Å². The summed E-state index contributed by atoms with van der Waals surface area (Å²) in [7, 11) is 0. The minimum atomic E-state index is 0.0566. The van der Waals surface area contributed by atoms with Gasteiger partial charge in [-0.3, -0.25) is 9.69 Å². The van der Waals surface area contributed by atoms with Crippen LogP contribution in [-0.2, 0) is 23.2 Å². The molecule has 0 atom stereocenters. The average Bonchev–Trinajstić information content (AvgIpc) is 3.40. The Hall–Kier alpha value is -2.99. The summed E-state index contributed by atoms with van der Waals surface area (Å²) >= 11 is 0. The fourth-order valence-corrected chi connectivity index (χ4v) is 4.41. The van der Waals surface area contributed by atoms with Crippen LogP contribution in [0.4, 0.5) is 0 Å². The lowest BCUT2D eigenvalue weighted by molar-refractivity contribution is -0.132. The third-order valence-electron chi connectivity index (χ3n) is 6.43. The van der Waals surface area contributed by atoms with Gasteiger partial charge in [0.15, 0.2) is 11.5 Å². The molecule has 1 aromatic heterocycles. The zero-order valence-corrected chi connectivity index (χ0v) is 19.0. The Morgan fingerprint density at radius 1 is 0.969 bits per heavy atom. The normalized spacial score (nSPS) is 16.7. The fraction of sp³-hybridized carbons (Fsp3) is 0.423. The summed E-state index contributed by atoms with van der Waals surface area (Å²) < 4.78 is 16.6. The molecule has 2 aromatic carbocycles. The lowest BCUT2D eigenvalue weighted by Gasteiger charge is -2.34. The molecule has 5 rings (SSSR count). The number of rotatable bonds is 4. The van der Waals surface area contributed by atoms with E-state index < -0.39 is 0 Å². The molecule has 1 amide bonds. The summed E-state index contributed by atoms with van der Waals surface area (Å²) in [6.45, 7) is 10.9. The number of ether oxygens (including phenoxy) is 2. The van der Waals surface area contributed by atoms with E-state index in [1.807, 2.05) is 17.0 Å². The second kappa shape index (κ2) is 8.17. The molecule has 0 N–H and O–H groups in total. The van der Waals surface area contributed by atoms with E-state index in [1.165, 1.54) is 11.1 Å². The van der Waals surface area contributed by atoms with Gasteiger partial charge in [0, 0.05) is 43.7 Å². The Morgan fingerprint density at radius 2 is 1.75 bits per heavy atom. The van der Waals surface area contributed by atoms with Crippen LogP contribution in [0.1, 0.15) is 37.5 Å². The van der Waals surface area contributed by atoms with Gasteiger partial charge < -0.3 is 18.8 Å². The minimum Gasteiger partial charge on any atom is -0.464 e. The summed E-state index contributed by atoms with van der Waals surface area (Å²) in [5.41, 5.74) is 4.32. The highest BCUT2D eigenvalue weighted by molar-refractivity contribution is 5.88. The Morgan fingerprint density at radius 3 is 2.53 bits per heavy atom. The molecule has 1 fully saturated rings. The molecule has 0 saturated carbocycles. The van der Waals surface area contributed by atoms with E-state index in [0.717, 1.165) is 60.8 Å². The van der Waals surface area contributed by atoms with Crippen LogP contribution < -0.4 is 9.47 Å². The van der Waals surface area contributed by atoms with E-state index in [4.69, 9.17) is 13.9 Å². The maximum atomic E-state index is 13.0. The van der Waals surface area contributed by atoms with Crippen molar-refractivity contribution in [3.8, 4) is 11.5 Å². The third-order valence-corrected chi connectivity index (χ3v) is 6.43. The summed E-state index contributed by atoms with van der Waals surface area (Å²) in [6, 6.07) is 12.4. The molecule has 1 saturated heterocycles. The van der Waals surface area contributed by atoms with Crippen molar-refractivity contribution in [1.29, 1.82) is 0 Å². The van der Waals surface area contributed by atoms with Crippen LogP contribution >= 0.6 is 0 Å². The number of fused-ring (bicyclic) bond motifs is 2. The molecule has 168 valence electrons. The summed E-state index contributed by atoms with van der Waals surface area (Å²) in [4.78, 5) is 17.4. The second-order valence-corrected chi connectivity index (χ2v) is 9.74. The molecule has 0 unspecified atom stereocenters. The quantitative estimate of drug-likeness (QED) is 0.611. The molecular weight excluding hydrogens is 404 g/mol. The number of furan rings is 1. The van der Waals surface area contributed by atoms with Gasteiger partial charge in [0.25, 0.3) is 0 Å². The summed E-state index contributed by atoms with van der Waals surface area (Å²) in [5, 5.41) is 1.05. The van der Waals surface area contributed by atoms with Crippen LogP contribution in [0.15, 0.2) is 47.1 Å². The zero-order valence-electron chi connectivity index (χ0n) is 19.0. The number of hydrogen-bond donors (Lipinski definition) is 0. The molecule has 3 aromatic rings. The van der Waals surface area contributed by atoms with Gasteiger partial charge in [0.2, 0.25) is 12.7 Å². The number of carbonyl (C=O) groups excluding carboxylic acids is 1. The van der Waals surface area contributed by atoms with Crippen molar-refractivity contribution in [2.45, 2.75) is 39.2 Å². The van der Waals surface area contributed by atoms with E-state index in [9.17, 15) is 4.79 Å². The topological polar surface area (TPSA) is 55.2 Å². The number of benzene rings is 2. The highest BCUT2D eigenvalue weighted by Crippen LogP contribution is 2.33. The van der Waals surface area contributed by atoms with E-state index in [1.54, 1.807) is 6.26 Å². The van der Waals surface area contributed by atoms with Crippen LogP contribution in [0.2, 0.25) is 0 Å². The van der Waals surface area contributed by atoms with Crippen LogP contribution in [0.5, 0.6) is 11.5 Å². The Balaban J connectivity index is 1.20. The first-order valence-electron chi connectivity index (χ1n) is 11.3. The Kier molecular flexibility index (Phi) is 5.33. The van der Waals surface area contributed by atoms with Crippen LogP contribution in [-0.4, -0.2) is 48.7 Å². The number of carbonyl (C=O) groups is 1. The van der Waals surface area contributed by atoms with Crippen molar-refractivity contribution >= 4 is 16.9 Å². The summed E-state index contributed by atoms with van der Waals surface area (Å²) in [5.74, 6) is 1.79. The molecular formula is C26H30N2O4. The maximum absolute atomic E-state index is 13.0. The van der Waals surface area contributed by atoms with Gasteiger partial charge in [-0.05, 0) is 40.8 Å². The Bertz CT molecular complexity index is 1140. The standard InChI is InChI=1S/C26H30N2O4/c1-26(2,3)20-5-7-22-21(14-20)19(16-30-22)13-25(29)28-10-8-27(9-11-28)15-18-4-6-23-24(12-18)32-17-31-23/h4-7,12,14,16H,8-11,13,15,17H2,1-3H3. The third kappa shape index (κ3) is 4.19. The number of piperazine rings is 1. The largest absolute Gasteiger partial charge is 0.464 e. The molecule has 2 aliphatic rings. The van der Waals surface area contributed by atoms with Crippen molar-refractivity contribution in [2.75, 3.05) is 33.0 Å². The van der Waals surface area contributed by atoms with Crippen LogP contribution in [0.25, 0.3) is 11.0 Å². The number of amides is 1. The number of hydrogen-bond acceptors (Lipinski definition) is 5. The molecule has 6 heteroatoms. The first kappa shape index (κ1) is 20.9. The average molecular weight is 435 g/mol. The van der Waals surface area contributed by atoms with Crippen LogP contribution in [0, 0.1) is 0 Å². The van der Waals surface area contributed by atoms with Gasteiger partial charge in [-0.1, -0.05) is 32.9 Å². The lowest BCUT2D eigenvalue weighted by Crippen LogP contribution is -2.48. The minimum absolute atomic E-state index is 0.0566. The van der Waals surface area contributed by atoms with Gasteiger partial charge in [-0.15, -0.1) is 0 Å². The van der Waals surface area contributed by atoms with E-state index in [0.29, 0.717) is 13.2 Å². The fourth-order valence-electron chi connectivity index (χ4n) is 4.41. The molecule has 32 heavy (non-hydrogen) atoms. The Labute approximate surface area is 188 Å². The highest BCUT2D eigenvalue weighted by Gasteiger charge is 2.24. The van der Waals surface area contributed by atoms with Gasteiger partial charge in [0.05, 0.1) is 12.7 Å². The summed E-state index contributed by atoms with van der Waals surface area (Å²) in [6.07, 6.45) is 2.12. The van der Waals surface area contributed by atoms with E-state index in [2.05, 4.69) is 49.9 Å². The SMILES string of the molecule is CC(C)(C)c1ccc2occ(CC(=O)N3CCN(Cc4ccc5c(c4)OCO5)CC3)c2c1. The van der Waals surface area contributed by atoms with Gasteiger partial charge >= 0.3 is 0 Å². The smallest absolute Gasteiger partial charge is 0.231 e. The second-order valence-electron chi connectivity index (χ2n) is 9.74. The van der Waals surface area contributed by atoms with Crippen molar-refractivity contribution in [3.63, 3.8) is 0 Å². The predicted octanol–water partition coefficient (Wildman–Crippen LogP) is 4.35.